The van der Waals surface area contributed by atoms with E-state index in [2.05, 4.69) is 15.3 Å². The monoisotopic (exact) mass is 336 g/mol. The summed E-state index contributed by atoms with van der Waals surface area (Å²) in [4.78, 5) is 23.0. The van der Waals surface area contributed by atoms with Crippen molar-refractivity contribution in [1.82, 2.24) is 14.9 Å². The zero-order chi connectivity index (χ0) is 15.5. The number of aryl methyl sites for hydroxylation is 1. The average molecular weight is 337 g/mol. The lowest BCUT2D eigenvalue weighted by atomic mass is 10.0. The summed E-state index contributed by atoms with van der Waals surface area (Å²) in [5, 5.41) is 6.42. The van der Waals surface area contributed by atoms with Crippen LogP contribution >= 0.6 is 22.9 Å². The number of urea groups is 1. The van der Waals surface area contributed by atoms with Gasteiger partial charge in [-0.25, -0.2) is 9.78 Å². The molecule has 22 heavy (non-hydrogen) atoms. The summed E-state index contributed by atoms with van der Waals surface area (Å²) in [5.41, 5.74) is 1.61. The van der Waals surface area contributed by atoms with E-state index in [0.717, 1.165) is 36.5 Å². The van der Waals surface area contributed by atoms with Gasteiger partial charge in [0.15, 0.2) is 0 Å². The van der Waals surface area contributed by atoms with Gasteiger partial charge >= 0.3 is 6.03 Å². The highest BCUT2D eigenvalue weighted by Gasteiger charge is 2.30. The van der Waals surface area contributed by atoms with Gasteiger partial charge in [0, 0.05) is 23.8 Å². The Morgan fingerprint density at radius 3 is 3.05 bits per heavy atom. The summed E-state index contributed by atoms with van der Waals surface area (Å²) >= 11 is 7.53. The molecule has 1 atom stereocenters. The molecule has 1 saturated heterocycles. The lowest BCUT2D eigenvalue weighted by Crippen LogP contribution is -2.41. The van der Waals surface area contributed by atoms with Gasteiger partial charge in [0.25, 0.3) is 0 Å². The number of pyridine rings is 1. The molecule has 1 fully saturated rings. The van der Waals surface area contributed by atoms with E-state index in [1.54, 1.807) is 29.8 Å². The molecule has 0 saturated carbocycles. The van der Waals surface area contributed by atoms with Crippen molar-refractivity contribution < 1.29 is 4.79 Å². The topological polar surface area (TPSA) is 58.1 Å². The molecule has 5 nitrogen and oxygen atoms in total. The number of hydrogen-bond acceptors (Lipinski definition) is 4. The van der Waals surface area contributed by atoms with Crippen molar-refractivity contribution in [2.45, 2.75) is 32.2 Å². The number of rotatable bonds is 2. The van der Waals surface area contributed by atoms with Gasteiger partial charge in [-0.2, -0.15) is 0 Å². The van der Waals surface area contributed by atoms with Crippen LogP contribution in [0.4, 0.5) is 10.5 Å². The molecule has 2 aromatic heterocycles. The van der Waals surface area contributed by atoms with E-state index in [-0.39, 0.29) is 12.1 Å². The molecule has 1 N–H and O–H groups in total. The molecule has 2 amide bonds. The van der Waals surface area contributed by atoms with Gasteiger partial charge in [-0.15, -0.1) is 11.3 Å². The van der Waals surface area contributed by atoms with Crippen molar-refractivity contribution in [3.05, 3.63) is 39.6 Å². The number of likely N-dealkylation sites (tertiary alicyclic amines) is 1. The normalized spacial score (nSPS) is 18.3. The molecular formula is C15H17ClN4OS. The third-order valence-electron chi connectivity index (χ3n) is 3.64. The van der Waals surface area contributed by atoms with Gasteiger partial charge in [0.1, 0.15) is 5.01 Å². The number of hydrogen-bond donors (Lipinski definition) is 1. The standard InChI is InChI=1S/C15H17ClN4OS/c1-10-9-22-14(18-10)13-4-2-3-5-20(13)15(21)19-12-6-11(16)7-17-8-12/h6-9,13H,2-5H2,1H3,(H,19,21). The molecule has 1 aliphatic rings. The largest absolute Gasteiger partial charge is 0.322 e. The molecule has 116 valence electrons. The highest BCUT2D eigenvalue weighted by molar-refractivity contribution is 7.09. The highest BCUT2D eigenvalue weighted by atomic mass is 35.5. The van der Waals surface area contributed by atoms with Crippen LogP contribution in [0, 0.1) is 6.92 Å². The Hall–Kier alpha value is -1.66. The maximum atomic E-state index is 12.6. The number of nitrogens with zero attached hydrogens (tertiary/aromatic N) is 3. The van der Waals surface area contributed by atoms with E-state index >= 15 is 0 Å². The zero-order valence-corrected chi connectivity index (χ0v) is 13.8. The number of carbonyl (C=O) groups excluding carboxylic acids is 1. The van der Waals surface area contributed by atoms with E-state index in [9.17, 15) is 4.79 Å². The number of amides is 2. The van der Waals surface area contributed by atoms with E-state index in [0.29, 0.717) is 10.7 Å². The molecular weight excluding hydrogens is 320 g/mol. The molecule has 3 rings (SSSR count). The first kappa shape index (κ1) is 15.2. The van der Waals surface area contributed by atoms with Gasteiger partial charge in [-0.1, -0.05) is 11.6 Å². The predicted octanol–water partition coefficient (Wildman–Crippen LogP) is 4.26. The molecule has 0 aromatic carbocycles. The number of halogens is 1. The van der Waals surface area contributed by atoms with Gasteiger partial charge in [-0.05, 0) is 32.3 Å². The highest BCUT2D eigenvalue weighted by Crippen LogP contribution is 2.33. The summed E-state index contributed by atoms with van der Waals surface area (Å²) in [7, 11) is 0. The number of piperidine rings is 1. The van der Waals surface area contributed by atoms with Crippen molar-refractivity contribution >= 4 is 34.7 Å². The molecule has 3 heterocycles. The van der Waals surface area contributed by atoms with Crippen LogP contribution in [-0.2, 0) is 0 Å². The second-order valence-electron chi connectivity index (χ2n) is 5.35. The van der Waals surface area contributed by atoms with Gasteiger partial charge in [-0.3, -0.25) is 4.98 Å². The van der Waals surface area contributed by atoms with Crippen LogP contribution in [0.3, 0.4) is 0 Å². The smallest absolute Gasteiger partial charge is 0.315 e. The summed E-state index contributed by atoms with van der Waals surface area (Å²) in [5.74, 6) is 0. The molecule has 0 spiro atoms. The van der Waals surface area contributed by atoms with Crippen molar-refractivity contribution in [3.63, 3.8) is 0 Å². The van der Waals surface area contributed by atoms with Gasteiger partial charge in [0.2, 0.25) is 0 Å². The molecule has 2 aromatic rings. The third kappa shape index (κ3) is 3.39. The van der Waals surface area contributed by atoms with Gasteiger partial charge in [0.05, 0.1) is 22.9 Å². The predicted molar refractivity (Wildman–Crippen MR) is 88.4 cm³/mol. The maximum absolute atomic E-state index is 12.6. The van der Waals surface area contributed by atoms with Crippen molar-refractivity contribution in [3.8, 4) is 0 Å². The number of nitrogens with one attached hydrogen (secondary N) is 1. The van der Waals surface area contributed by atoms with Crippen LogP contribution in [0.1, 0.15) is 36.0 Å². The fourth-order valence-electron chi connectivity index (χ4n) is 2.63. The Kier molecular flexibility index (Phi) is 4.59. The van der Waals surface area contributed by atoms with E-state index in [1.165, 1.54) is 0 Å². The van der Waals surface area contributed by atoms with E-state index < -0.39 is 0 Å². The Balaban J connectivity index is 1.76. The summed E-state index contributed by atoms with van der Waals surface area (Å²) < 4.78 is 0. The fraction of sp³-hybridized carbons (Fsp3) is 0.400. The Labute approximate surface area is 138 Å². The number of thiazole rings is 1. The minimum atomic E-state index is -0.124. The summed E-state index contributed by atoms with van der Waals surface area (Å²) in [6.45, 7) is 2.72. The van der Waals surface area contributed by atoms with Crippen molar-refractivity contribution in [1.29, 1.82) is 0 Å². The summed E-state index contributed by atoms with van der Waals surface area (Å²) in [6.07, 6.45) is 6.22. The SMILES string of the molecule is Cc1csc(C2CCCCN2C(=O)Nc2cncc(Cl)c2)n1. The average Bonchev–Trinajstić information content (AvgIpc) is 2.94. The van der Waals surface area contributed by atoms with Crippen LogP contribution in [-0.4, -0.2) is 27.4 Å². The minimum absolute atomic E-state index is 0.0552. The lowest BCUT2D eigenvalue weighted by molar-refractivity contribution is 0.163. The van der Waals surface area contributed by atoms with Crippen LogP contribution in [0.5, 0.6) is 0 Å². The Bertz CT molecular complexity index is 675. The van der Waals surface area contributed by atoms with E-state index in [1.807, 2.05) is 17.2 Å². The Morgan fingerprint density at radius 2 is 2.32 bits per heavy atom. The minimum Gasteiger partial charge on any atom is -0.315 e. The summed E-state index contributed by atoms with van der Waals surface area (Å²) in [6, 6.07) is 1.63. The van der Waals surface area contributed by atoms with Crippen LogP contribution in [0.15, 0.2) is 23.8 Å². The van der Waals surface area contributed by atoms with Crippen LogP contribution < -0.4 is 5.32 Å². The Morgan fingerprint density at radius 1 is 1.45 bits per heavy atom. The van der Waals surface area contributed by atoms with E-state index in [4.69, 9.17) is 11.6 Å². The quantitative estimate of drug-likeness (QED) is 0.891. The number of carbonyl (C=O) groups is 1. The lowest BCUT2D eigenvalue weighted by Gasteiger charge is -2.34. The van der Waals surface area contributed by atoms with Gasteiger partial charge < -0.3 is 10.2 Å². The van der Waals surface area contributed by atoms with Crippen molar-refractivity contribution in [2.75, 3.05) is 11.9 Å². The molecule has 0 aliphatic carbocycles. The molecule has 1 aliphatic heterocycles. The first-order valence-corrected chi connectivity index (χ1v) is 8.49. The van der Waals surface area contributed by atoms with Crippen LogP contribution in [0.2, 0.25) is 5.02 Å². The molecule has 0 radical (unpaired) electrons. The number of anilines is 1. The molecule has 0 bridgehead atoms. The van der Waals surface area contributed by atoms with Crippen molar-refractivity contribution in [2.24, 2.45) is 0 Å². The molecule has 1 unspecified atom stereocenters. The maximum Gasteiger partial charge on any atom is 0.322 e. The second-order valence-corrected chi connectivity index (χ2v) is 6.68. The zero-order valence-electron chi connectivity index (χ0n) is 12.3. The fourth-order valence-corrected chi connectivity index (χ4v) is 3.75. The first-order chi connectivity index (χ1) is 10.6. The first-order valence-electron chi connectivity index (χ1n) is 7.23. The third-order valence-corrected chi connectivity index (χ3v) is 4.91. The number of aromatic nitrogens is 2. The van der Waals surface area contributed by atoms with Crippen LogP contribution in [0.25, 0.3) is 0 Å². The second kappa shape index (κ2) is 6.62. The molecule has 7 heteroatoms.